The molecule has 0 aliphatic heterocycles. The number of aryl methyl sites for hydroxylation is 2. The summed E-state index contributed by atoms with van der Waals surface area (Å²) in [4.78, 5) is 22.3. The van der Waals surface area contributed by atoms with Crippen LogP contribution in [-0.2, 0) is 6.61 Å². The van der Waals surface area contributed by atoms with E-state index in [9.17, 15) is 14.9 Å². The molecule has 0 heterocycles. The molecule has 0 radical (unpaired) electrons. The Balaban J connectivity index is 1.63. The number of amides is 1. The summed E-state index contributed by atoms with van der Waals surface area (Å²) in [6.07, 6.45) is 1.47. The third kappa shape index (κ3) is 5.69. The number of ether oxygens (including phenoxy) is 2. The van der Waals surface area contributed by atoms with E-state index in [2.05, 4.69) is 28.7 Å². The molecule has 164 valence electrons. The maximum atomic E-state index is 12.1. The third-order valence-corrected chi connectivity index (χ3v) is 4.80. The van der Waals surface area contributed by atoms with Gasteiger partial charge >= 0.3 is 0 Å². The SMILES string of the molecule is COc1cc(/C=N/NC(=O)c2ccc([N+](=O)[O-])cc2)ccc1OCc1cc(C)ccc1C. The van der Waals surface area contributed by atoms with Gasteiger partial charge in [-0.05, 0) is 60.9 Å². The van der Waals surface area contributed by atoms with Gasteiger partial charge < -0.3 is 9.47 Å². The van der Waals surface area contributed by atoms with Gasteiger partial charge in [-0.25, -0.2) is 5.43 Å². The van der Waals surface area contributed by atoms with Crippen LogP contribution in [0.5, 0.6) is 11.5 Å². The molecular formula is C24H23N3O5. The first-order valence-electron chi connectivity index (χ1n) is 9.82. The minimum Gasteiger partial charge on any atom is -0.493 e. The quantitative estimate of drug-likeness (QED) is 0.319. The smallest absolute Gasteiger partial charge is 0.271 e. The Morgan fingerprint density at radius 1 is 1.06 bits per heavy atom. The molecule has 0 atom stereocenters. The summed E-state index contributed by atoms with van der Waals surface area (Å²) >= 11 is 0. The summed E-state index contributed by atoms with van der Waals surface area (Å²) in [5.41, 5.74) is 6.70. The van der Waals surface area contributed by atoms with Gasteiger partial charge in [0.25, 0.3) is 11.6 Å². The average molecular weight is 433 g/mol. The number of carbonyl (C=O) groups is 1. The molecule has 0 aromatic heterocycles. The largest absolute Gasteiger partial charge is 0.493 e. The molecule has 3 aromatic carbocycles. The van der Waals surface area contributed by atoms with Crippen molar-refractivity contribution in [2.75, 3.05) is 7.11 Å². The average Bonchev–Trinajstić information content (AvgIpc) is 2.80. The predicted octanol–water partition coefficient (Wildman–Crippen LogP) is 4.56. The van der Waals surface area contributed by atoms with Gasteiger partial charge in [0, 0.05) is 17.7 Å². The fraction of sp³-hybridized carbons (Fsp3) is 0.167. The molecule has 0 aliphatic rings. The van der Waals surface area contributed by atoms with Crippen LogP contribution in [0.1, 0.15) is 32.6 Å². The van der Waals surface area contributed by atoms with Crippen LogP contribution in [0, 0.1) is 24.0 Å². The van der Waals surface area contributed by atoms with E-state index in [1.807, 2.05) is 13.8 Å². The molecule has 0 spiro atoms. The second kappa shape index (κ2) is 10.2. The van der Waals surface area contributed by atoms with Gasteiger partial charge in [0.2, 0.25) is 0 Å². The standard InChI is InChI=1S/C24H23N3O5/c1-16-4-5-17(2)20(12-16)15-32-22-11-6-18(13-23(22)31-3)14-25-26-24(28)19-7-9-21(10-8-19)27(29)30/h4-14H,15H2,1-3H3,(H,26,28)/b25-14+. The van der Waals surface area contributed by atoms with E-state index in [4.69, 9.17) is 9.47 Å². The Bertz CT molecular complexity index is 1160. The second-order valence-corrected chi connectivity index (χ2v) is 7.13. The normalized spacial score (nSPS) is 10.7. The van der Waals surface area contributed by atoms with Crippen molar-refractivity contribution in [2.24, 2.45) is 5.10 Å². The van der Waals surface area contributed by atoms with Crippen LogP contribution >= 0.6 is 0 Å². The van der Waals surface area contributed by atoms with Gasteiger partial charge in [-0.15, -0.1) is 0 Å². The summed E-state index contributed by atoms with van der Waals surface area (Å²) in [7, 11) is 1.55. The highest BCUT2D eigenvalue weighted by Crippen LogP contribution is 2.28. The molecule has 8 heteroatoms. The number of non-ortho nitro benzene ring substituents is 1. The van der Waals surface area contributed by atoms with E-state index in [1.54, 1.807) is 25.3 Å². The fourth-order valence-corrected chi connectivity index (χ4v) is 2.96. The van der Waals surface area contributed by atoms with Gasteiger partial charge in [0.05, 0.1) is 18.2 Å². The number of methoxy groups -OCH3 is 1. The lowest BCUT2D eigenvalue weighted by Crippen LogP contribution is -2.17. The lowest BCUT2D eigenvalue weighted by Gasteiger charge is -2.13. The zero-order valence-corrected chi connectivity index (χ0v) is 18.0. The first kappa shape index (κ1) is 22.5. The lowest BCUT2D eigenvalue weighted by atomic mass is 10.1. The highest BCUT2D eigenvalue weighted by molar-refractivity contribution is 5.95. The summed E-state index contributed by atoms with van der Waals surface area (Å²) < 4.78 is 11.4. The van der Waals surface area contributed by atoms with Crippen LogP contribution < -0.4 is 14.9 Å². The molecule has 0 saturated heterocycles. The molecule has 0 fully saturated rings. The number of hydrogen-bond acceptors (Lipinski definition) is 6. The molecule has 3 aromatic rings. The van der Waals surface area contributed by atoms with Crippen LogP contribution in [-0.4, -0.2) is 24.2 Å². The van der Waals surface area contributed by atoms with Crippen molar-refractivity contribution in [3.05, 3.63) is 98.6 Å². The van der Waals surface area contributed by atoms with Crippen molar-refractivity contribution in [3.8, 4) is 11.5 Å². The Morgan fingerprint density at radius 3 is 2.50 bits per heavy atom. The van der Waals surface area contributed by atoms with E-state index >= 15 is 0 Å². The number of nitro benzene ring substituents is 1. The number of nitro groups is 1. The van der Waals surface area contributed by atoms with Crippen molar-refractivity contribution in [3.63, 3.8) is 0 Å². The minimum absolute atomic E-state index is 0.0861. The van der Waals surface area contributed by atoms with Gasteiger partial charge in [-0.1, -0.05) is 23.8 Å². The van der Waals surface area contributed by atoms with Crippen LogP contribution in [0.2, 0.25) is 0 Å². The highest BCUT2D eigenvalue weighted by atomic mass is 16.6. The Hall–Kier alpha value is -4.20. The molecule has 1 N–H and O–H groups in total. The van der Waals surface area contributed by atoms with E-state index in [0.717, 1.165) is 11.1 Å². The highest BCUT2D eigenvalue weighted by Gasteiger charge is 2.09. The monoisotopic (exact) mass is 433 g/mol. The molecule has 3 rings (SSSR count). The third-order valence-electron chi connectivity index (χ3n) is 4.80. The summed E-state index contributed by atoms with van der Waals surface area (Å²) in [6, 6.07) is 16.8. The number of hydrogen-bond donors (Lipinski definition) is 1. The predicted molar refractivity (Wildman–Crippen MR) is 121 cm³/mol. The van der Waals surface area contributed by atoms with E-state index in [-0.39, 0.29) is 11.3 Å². The maximum absolute atomic E-state index is 12.1. The van der Waals surface area contributed by atoms with E-state index in [0.29, 0.717) is 23.7 Å². The Labute approximate surface area is 185 Å². The number of nitrogens with zero attached hydrogens (tertiary/aromatic N) is 2. The topological polar surface area (TPSA) is 103 Å². The number of rotatable bonds is 8. The zero-order valence-electron chi connectivity index (χ0n) is 18.0. The van der Waals surface area contributed by atoms with Crippen LogP contribution in [0.4, 0.5) is 5.69 Å². The van der Waals surface area contributed by atoms with Crippen molar-refractivity contribution in [1.29, 1.82) is 0 Å². The number of benzene rings is 3. The van der Waals surface area contributed by atoms with Gasteiger partial charge in [-0.3, -0.25) is 14.9 Å². The maximum Gasteiger partial charge on any atom is 0.271 e. The lowest BCUT2D eigenvalue weighted by molar-refractivity contribution is -0.384. The van der Waals surface area contributed by atoms with E-state index in [1.165, 1.54) is 36.0 Å². The molecule has 1 amide bonds. The second-order valence-electron chi connectivity index (χ2n) is 7.13. The molecule has 0 bridgehead atoms. The molecule has 8 nitrogen and oxygen atoms in total. The first-order valence-corrected chi connectivity index (χ1v) is 9.82. The van der Waals surface area contributed by atoms with Crippen LogP contribution in [0.3, 0.4) is 0 Å². The van der Waals surface area contributed by atoms with Crippen LogP contribution in [0.15, 0.2) is 65.8 Å². The van der Waals surface area contributed by atoms with Gasteiger partial charge in [0.15, 0.2) is 11.5 Å². The molecule has 0 saturated carbocycles. The van der Waals surface area contributed by atoms with Crippen LogP contribution in [0.25, 0.3) is 0 Å². The fourth-order valence-electron chi connectivity index (χ4n) is 2.96. The number of hydrazone groups is 1. The van der Waals surface area contributed by atoms with Gasteiger partial charge in [-0.2, -0.15) is 5.10 Å². The summed E-state index contributed by atoms with van der Waals surface area (Å²) in [6.45, 7) is 4.50. The van der Waals surface area contributed by atoms with Crippen molar-refractivity contribution in [2.45, 2.75) is 20.5 Å². The Morgan fingerprint density at radius 2 is 1.81 bits per heavy atom. The number of nitrogens with one attached hydrogen (secondary N) is 1. The summed E-state index contributed by atoms with van der Waals surface area (Å²) in [5, 5.41) is 14.6. The minimum atomic E-state index is -0.525. The van der Waals surface area contributed by atoms with Crippen molar-refractivity contribution >= 4 is 17.8 Å². The van der Waals surface area contributed by atoms with E-state index < -0.39 is 10.8 Å². The van der Waals surface area contributed by atoms with Crippen molar-refractivity contribution in [1.82, 2.24) is 5.43 Å². The molecule has 0 unspecified atom stereocenters. The number of carbonyl (C=O) groups excluding carboxylic acids is 1. The van der Waals surface area contributed by atoms with Crippen molar-refractivity contribution < 1.29 is 19.2 Å². The first-order chi connectivity index (χ1) is 15.4. The molecule has 32 heavy (non-hydrogen) atoms. The molecular weight excluding hydrogens is 410 g/mol. The zero-order chi connectivity index (χ0) is 23.1. The Kier molecular flexibility index (Phi) is 7.17. The molecule has 0 aliphatic carbocycles. The summed E-state index contributed by atoms with van der Waals surface area (Å²) in [5.74, 6) is 0.665. The van der Waals surface area contributed by atoms with Gasteiger partial charge in [0.1, 0.15) is 6.61 Å².